The zero-order chi connectivity index (χ0) is 40.0. The summed E-state index contributed by atoms with van der Waals surface area (Å²) in [6.07, 6.45) is 7.48. The maximum atomic E-state index is 15.4. The number of piperazine rings is 2. The van der Waals surface area contributed by atoms with Crippen LogP contribution in [-0.2, 0) is 31.0 Å². The van der Waals surface area contributed by atoms with E-state index in [2.05, 4.69) is 50.8 Å². The molecule has 0 aliphatic carbocycles. The molecule has 2 atom stereocenters. The Morgan fingerprint density at radius 2 is 1.03 bits per heavy atom. The van der Waals surface area contributed by atoms with Crippen molar-refractivity contribution in [2.24, 2.45) is 0 Å². The molecule has 11 nitrogen and oxygen atoms in total. The molecular weight excluding hydrogens is 767 g/mol. The van der Waals surface area contributed by atoms with Gasteiger partial charge in [-0.1, -0.05) is 59.6 Å². The van der Waals surface area contributed by atoms with Crippen molar-refractivity contribution in [3.8, 4) is 12.1 Å². The van der Waals surface area contributed by atoms with Gasteiger partial charge in [0, 0.05) is 99.3 Å². The summed E-state index contributed by atoms with van der Waals surface area (Å²) in [5.74, 6) is 0.131. The van der Waals surface area contributed by atoms with Crippen molar-refractivity contribution in [1.29, 1.82) is 10.5 Å². The van der Waals surface area contributed by atoms with E-state index >= 15 is 4.79 Å². The Hall–Kier alpha value is -5.95. The second-order valence-electron chi connectivity index (χ2n) is 14.9. The number of nitrogens with zero attached hydrogens (tertiary/aromatic N) is 10. The summed E-state index contributed by atoms with van der Waals surface area (Å²) in [6, 6.07) is 34.2. The molecule has 58 heavy (non-hydrogen) atoms. The van der Waals surface area contributed by atoms with Crippen LogP contribution in [0.5, 0.6) is 0 Å². The van der Waals surface area contributed by atoms with Crippen LogP contribution in [0.1, 0.15) is 33.6 Å². The molecule has 13 heteroatoms. The van der Waals surface area contributed by atoms with Gasteiger partial charge in [0.05, 0.1) is 47.3 Å². The largest absolute Gasteiger partial charge is 0.359 e. The molecular formula is C45H42Cl2N10O. The maximum absolute atomic E-state index is 15.4. The molecule has 0 radical (unpaired) electrons. The van der Waals surface area contributed by atoms with Gasteiger partial charge >= 0.3 is 0 Å². The van der Waals surface area contributed by atoms with Crippen LogP contribution < -0.4 is 9.80 Å². The third-order valence-electron chi connectivity index (χ3n) is 11.1. The van der Waals surface area contributed by atoms with Crippen LogP contribution in [0, 0.1) is 22.7 Å². The van der Waals surface area contributed by atoms with Gasteiger partial charge in [-0.3, -0.25) is 14.6 Å². The second kappa shape index (κ2) is 17.7. The number of imidazole rings is 2. The number of halogens is 2. The highest BCUT2D eigenvalue weighted by Crippen LogP contribution is 2.30. The molecule has 0 bridgehead atoms. The molecule has 2 fully saturated rings. The lowest BCUT2D eigenvalue weighted by Gasteiger charge is -2.47. The number of anilines is 2. The summed E-state index contributed by atoms with van der Waals surface area (Å²) in [5, 5.41) is 19.8. The van der Waals surface area contributed by atoms with Gasteiger partial charge in [0.1, 0.15) is 12.1 Å². The predicted molar refractivity (Wildman–Crippen MR) is 226 cm³/mol. The number of hydrogen-bond donors (Lipinski definition) is 0. The van der Waals surface area contributed by atoms with Crippen molar-refractivity contribution in [3.05, 3.63) is 166 Å². The van der Waals surface area contributed by atoms with Crippen LogP contribution in [0.4, 0.5) is 11.4 Å². The molecule has 2 aromatic heterocycles. The van der Waals surface area contributed by atoms with E-state index in [4.69, 9.17) is 23.2 Å². The Labute approximate surface area is 348 Å². The molecule has 0 saturated carbocycles. The molecule has 6 aromatic rings. The van der Waals surface area contributed by atoms with Crippen molar-refractivity contribution in [2.45, 2.75) is 38.3 Å². The van der Waals surface area contributed by atoms with Crippen LogP contribution in [0.3, 0.4) is 0 Å². The highest BCUT2D eigenvalue weighted by molar-refractivity contribution is 6.31. The SMILES string of the molecule is N#Cc1ccc(Cn2cncc2CN2CCN(c3cccc(Cl)c3)C(C(=O)C3CN(Cc4cncn4Cc4ccc(C#N)cc4)CCN3c3cccc(Cl)c3)C2)cc1. The number of nitriles is 2. The van der Waals surface area contributed by atoms with Gasteiger partial charge in [0.2, 0.25) is 0 Å². The zero-order valence-electron chi connectivity index (χ0n) is 31.9. The lowest BCUT2D eigenvalue weighted by molar-refractivity contribution is -0.123. The van der Waals surface area contributed by atoms with E-state index in [0.717, 1.165) is 47.0 Å². The molecule has 2 saturated heterocycles. The van der Waals surface area contributed by atoms with Gasteiger partial charge in [-0.05, 0) is 71.8 Å². The summed E-state index contributed by atoms with van der Waals surface area (Å²) in [5.41, 5.74) is 7.36. The fourth-order valence-electron chi connectivity index (χ4n) is 8.07. The van der Waals surface area contributed by atoms with Gasteiger partial charge in [0.25, 0.3) is 0 Å². The number of ketones is 1. The normalized spacial score (nSPS) is 17.5. The number of rotatable bonds is 12. The van der Waals surface area contributed by atoms with Gasteiger partial charge in [-0.25, -0.2) is 9.97 Å². The average molecular weight is 810 g/mol. The van der Waals surface area contributed by atoms with E-state index in [9.17, 15) is 10.5 Å². The summed E-state index contributed by atoms with van der Waals surface area (Å²) < 4.78 is 4.26. The highest BCUT2D eigenvalue weighted by atomic mass is 35.5. The molecule has 4 aromatic carbocycles. The lowest BCUT2D eigenvalue weighted by Crippen LogP contribution is -2.64. The summed E-state index contributed by atoms with van der Waals surface area (Å²) in [7, 11) is 0. The number of carbonyl (C=O) groups is 1. The van der Waals surface area contributed by atoms with Gasteiger partial charge in [-0.2, -0.15) is 10.5 Å². The first-order valence-electron chi connectivity index (χ1n) is 19.3. The van der Waals surface area contributed by atoms with Crippen LogP contribution in [0.2, 0.25) is 10.0 Å². The first-order valence-corrected chi connectivity index (χ1v) is 20.1. The Morgan fingerprint density at radius 1 is 0.603 bits per heavy atom. The first kappa shape index (κ1) is 38.9. The van der Waals surface area contributed by atoms with Gasteiger partial charge < -0.3 is 18.9 Å². The molecule has 0 spiro atoms. The first-order chi connectivity index (χ1) is 28.3. The Kier molecular flexibility index (Phi) is 11.9. The number of carbonyl (C=O) groups excluding carboxylic acids is 1. The van der Waals surface area contributed by atoms with Crippen LogP contribution >= 0.6 is 23.2 Å². The van der Waals surface area contributed by atoms with Crippen molar-refractivity contribution in [3.63, 3.8) is 0 Å². The number of Topliss-reactive ketones (excluding diaryl/α,β-unsaturated/α-hetero) is 1. The predicted octanol–water partition coefficient (Wildman–Crippen LogP) is 6.88. The summed E-state index contributed by atoms with van der Waals surface area (Å²) in [4.78, 5) is 33.6. The van der Waals surface area contributed by atoms with Gasteiger partial charge in [0.15, 0.2) is 5.78 Å². The standard InChI is InChI=1S/C45H42Cl2N10O/c46-37-3-1-5-39(19-37)56-17-15-52(27-41-23-50-31-54(41)25-35-11-7-33(21-48)8-12-35)29-43(56)45(58)44-30-53(16-18-57(44)40-6-2-4-38(47)20-40)28-42-24-51-32-55(42)26-36-13-9-34(22-49)10-14-36/h1-14,19-20,23-24,31-32,43-44H,15-18,25-30H2. The average Bonchev–Trinajstić information content (AvgIpc) is 3.89. The molecule has 2 unspecified atom stereocenters. The topological polar surface area (TPSA) is 113 Å². The Bertz CT molecular complexity index is 2280. The maximum Gasteiger partial charge on any atom is 0.180 e. The molecule has 0 N–H and O–H groups in total. The van der Waals surface area contributed by atoms with E-state index in [0.29, 0.717) is 73.5 Å². The molecule has 292 valence electrons. The lowest BCUT2D eigenvalue weighted by atomic mass is 9.96. The molecule has 4 heterocycles. The van der Waals surface area contributed by atoms with Crippen LogP contribution in [0.15, 0.2) is 122 Å². The smallest absolute Gasteiger partial charge is 0.180 e. The molecule has 2 aliphatic rings. The van der Waals surface area contributed by atoms with E-state index in [1.165, 1.54) is 0 Å². The monoisotopic (exact) mass is 808 g/mol. The Balaban J connectivity index is 1.06. The fourth-order valence-corrected chi connectivity index (χ4v) is 8.44. The number of benzene rings is 4. The van der Waals surface area contributed by atoms with E-state index in [-0.39, 0.29) is 5.78 Å². The summed E-state index contributed by atoms with van der Waals surface area (Å²) in [6.45, 7) is 6.33. The summed E-state index contributed by atoms with van der Waals surface area (Å²) >= 11 is 13.1. The Morgan fingerprint density at radius 3 is 1.43 bits per heavy atom. The van der Waals surface area contributed by atoms with Crippen molar-refractivity contribution >= 4 is 40.4 Å². The number of aromatic nitrogens is 4. The zero-order valence-corrected chi connectivity index (χ0v) is 33.4. The van der Waals surface area contributed by atoms with E-state index < -0.39 is 12.1 Å². The third kappa shape index (κ3) is 8.94. The second-order valence-corrected chi connectivity index (χ2v) is 15.8. The van der Waals surface area contributed by atoms with Crippen LogP contribution in [0.25, 0.3) is 0 Å². The minimum atomic E-state index is -0.462. The number of hydrogen-bond acceptors (Lipinski definition) is 9. The van der Waals surface area contributed by atoms with E-state index in [1.54, 1.807) is 0 Å². The fraction of sp³-hybridized carbons (Fsp3) is 0.267. The molecule has 0 amide bonds. The molecule has 2 aliphatic heterocycles. The quantitative estimate of drug-likeness (QED) is 0.131. The highest BCUT2D eigenvalue weighted by Gasteiger charge is 2.41. The van der Waals surface area contributed by atoms with Crippen molar-refractivity contribution < 1.29 is 4.79 Å². The van der Waals surface area contributed by atoms with Crippen molar-refractivity contribution in [1.82, 2.24) is 28.9 Å². The van der Waals surface area contributed by atoms with Crippen LogP contribution in [-0.4, -0.2) is 86.0 Å². The minimum absolute atomic E-state index is 0.131. The van der Waals surface area contributed by atoms with Gasteiger partial charge in [-0.15, -0.1) is 0 Å². The van der Waals surface area contributed by atoms with E-state index in [1.807, 2.05) is 122 Å². The minimum Gasteiger partial charge on any atom is -0.359 e. The molecule has 8 rings (SSSR count). The third-order valence-corrected chi connectivity index (χ3v) is 11.6. The van der Waals surface area contributed by atoms with Crippen molar-refractivity contribution in [2.75, 3.05) is 49.1 Å².